The molecule has 0 aromatic heterocycles. The van der Waals surface area contributed by atoms with Crippen LogP contribution in [0.1, 0.15) is 13.3 Å². The van der Waals surface area contributed by atoms with E-state index in [1.807, 2.05) is 6.92 Å². The first-order chi connectivity index (χ1) is 5.58. The van der Waals surface area contributed by atoms with Gasteiger partial charge in [-0.15, -0.1) is 0 Å². The van der Waals surface area contributed by atoms with E-state index in [0.29, 0.717) is 0 Å². The number of aliphatic carboxylic acids is 1. The molecule has 1 atom stereocenters. The number of ether oxygens (including phenoxy) is 1. The lowest BCUT2D eigenvalue weighted by molar-refractivity contribution is -0.131. The van der Waals surface area contributed by atoms with Gasteiger partial charge in [0.1, 0.15) is 0 Å². The second kappa shape index (κ2) is 10.1. The molecular weight excluding hydrogens is 160 g/mol. The van der Waals surface area contributed by atoms with Crippen molar-refractivity contribution in [1.29, 1.82) is 0 Å². The third-order valence-corrected chi connectivity index (χ3v) is 1.11. The van der Waals surface area contributed by atoms with Crippen molar-refractivity contribution >= 4 is 5.97 Å². The van der Waals surface area contributed by atoms with E-state index in [-0.39, 0.29) is 12.7 Å². The molecule has 0 aliphatic heterocycles. The first-order valence-electron chi connectivity index (χ1n) is 3.57. The molecule has 0 fully saturated rings. The highest BCUT2D eigenvalue weighted by Gasteiger charge is 1.93. The maximum Gasteiger partial charge on any atom is 0.327 e. The van der Waals surface area contributed by atoms with Crippen LogP contribution in [-0.2, 0) is 9.53 Å². The van der Waals surface area contributed by atoms with Crippen LogP contribution >= 0.6 is 0 Å². The summed E-state index contributed by atoms with van der Waals surface area (Å²) in [6, 6.07) is 0. The van der Waals surface area contributed by atoms with E-state index >= 15 is 0 Å². The van der Waals surface area contributed by atoms with Gasteiger partial charge < -0.3 is 14.9 Å². The molecule has 4 heteroatoms. The van der Waals surface area contributed by atoms with E-state index in [9.17, 15) is 4.79 Å². The van der Waals surface area contributed by atoms with E-state index < -0.39 is 5.97 Å². The Hall–Kier alpha value is -0.870. The van der Waals surface area contributed by atoms with Crippen LogP contribution in [0.4, 0.5) is 0 Å². The van der Waals surface area contributed by atoms with E-state index in [1.54, 1.807) is 7.11 Å². The fourth-order valence-corrected chi connectivity index (χ4v) is 0.300. The Morgan fingerprint density at radius 1 is 1.75 bits per heavy atom. The quantitative estimate of drug-likeness (QED) is 0.617. The van der Waals surface area contributed by atoms with Crippen LogP contribution in [0.2, 0.25) is 0 Å². The Morgan fingerprint density at radius 3 is 2.25 bits per heavy atom. The minimum absolute atomic E-state index is 0.199. The summed E-state index contributed by atoms with van der Waals surface area (Å²) >= 11 is 0. The molecule has 0 aliphatic rings. The Morgan fingerprint density at radius 2 is 2.17 bits per heavy atom. The number of hydrogen-bond acceptors (Lipinski definition) is 3. The van der Waals surface area contributed by atoms with Crippen molar-refractivity contribution in [1.82, 2.24) is 0 Å². The van der Waals surface area contributed by atoms with Gasteiger partial charge in [-0.25, -0.2) is 4.79 Å². The van der Waals surface area contributed by atoms with Crippen molar-refractivity contribution in [3.8, 4) is 0 Å². The maximum absolute atomic E-state index is 9.25. The molecule has 0 saturated carbocycles. The maximum atomic E-state index is 9.25. The summed E-state index contributed by atoms with van der Waals surface area (Å²) in [7, 11) is 1.64. The van der Waals surface area contributed by atoms with Gasteiger partial charge in [0.05, 0.1) is 6.10 Å². The first-order valence-corrected chi connectivity index (χ1v) is 3.57. The topological polar surface area (TPSA) is 66.8 Å². The molecule has 0 amide bonds. The number of carboxylic acids is 1. The molecule has 0 rings (SSSR count). The third kappa shape index (κ3) is 16.1. The summed E-state index contributed by atoms with van der Waals surface area (Å²) in [6.07, 6.45) is 1.77. The van der Waals surface area contributed by atoms with Crippen molar-refractivity contribution in [2.75, 3.05) is 13.7 Å². The Labute approximate surface area is 72.5 Å². The molecule has 0 bridgehead atoms. The lowest BCUT2D eigenvalue weighted by atomic mass is 10.3. The molecule has 0 radical (unpaired) electrons. The van der Waals surface area contributed by atoms with Gasteiger partial charge in [-0.3, -0.25) is 0 Å². The predicted molar refractivity (Wildman–Crippen MR) is 46.0 cm³/mol. The Balaban J connectivity index is 0. The minimum atomic E-state index is -0.981. The van der Waals surface area contributed by atoms with E-state index in [0.717, 1.165) is 12.5 Å². The van der Waals surface area contributed by atoms with Crippen LogP contribution in [0.15, 0.2) is 12.7 Å². The zero-order chi connectivity index (χ0) is 9.98. The van der Waals surface area contributed by atoms with E-state index in [4.69, 9.17) is 14.9 Å². The lowest BCUT2D eigenvalue weighted by Crippen LogP contribution is -2.05. The highest BCUT2D eigenvalue weighted by atomic mass is 16.5. The molecule has 4 nitrogen and oxygen atoms in total. The summed E-state index contributed by atoms with van der Waals surface area (Å²) in [5, 5.41) is 15.9. The van der Waals surface area contributed by atoms with Crippen molar-refractivity contribution < 1.29 is 19.7 Å². The molecule has 12 heavy (non-hydrogen) atoms. The van der Waals surface area contributed by atoms with Crippen LogP contribution < -0.4 is 0 Å². The molecule has 2 N–H and O–H groups in total. The molecular formula is C8H16O4. The monoisotopic (exact) mass is 176 g/mol. The molecule has 1 unspecified atom stereocenters. The first kappa shape index (κ1) is 13.7. The van der Waals surface area contributed by atoms with Gasteiger partial charge in [0.2, 0.25) is 0 Å². The number of aliphatic hydroxyl groups excluding tert-OH is 1. The number of hydrogen-bond donors (Lipinski definition) is 2. The largest absolute Gasteiger partial charge is 0.478 e. The summed E-state index contributed by atoms with van der Waals surface area (Å²) in [5.74, 6) is -0.981. The summed E-state index contributed by atoms with van der Waals surface area (Å²) in [4.78, 5) is 9.25. The Kier molecular flexibility index (Phi) is 11.6. The lowest BCUT2D eigenvalue weighted by Gasteiger charge is -2.04. The van der Waals surface area contributed by atoms with Crippen molar-refractivity contribution in [3.63, 3.8) is 0 Å². The normalized spacial score (nSPS) is 10.9. The average Bonchev–Trinajstić information content (AvgIpc) is 2.06. The van der Waals surface area contributed by atoms with E-state index in [1.165, 1.54) is 0 Å². The summed E-state index contributed by atoms with van der Waals surface area (Å²) < 4.78 is 4.83. The van der Waals surface area contributed by atoms with Crippen molar-refractivity contribution in [3.05, 3.63) is 12.7 Å². The highest BCUT2D eigenvalue weighted by molar-refractivity contribution is 5.78. The smallest absolute Gasteiger partial charge is 0.327 e. The molecule has 0 aromatic carbocycles. The van der Waals surface area contributed by atoms with Crippen LogP contribution in [-0.4, -0.2) is 36.0 Å². The van der Waals surface area contributed by atoms with E-state index in [2.05, 4.69) is 6.58 Å². The van der Waals surface area contributed by atoms with Crippen molar-refractivity contribution in [2.24, 2.45) is 0 Å². The van der Waals surface area contributed by atoms with Crippen LogP contribution in [0, 0.1) is 0 Å². The molecule has 0 spiro atoms. The highest BCUT2D eigenvalue weighted by Crippen LogP contribution is 1.90. The zero-order valence-electron chi connectivity index (χ0n) is 7.49. The molecule has 0 aliphatic carbocycles. The zero-order valence-corrected chi connectivity index (χ0v) is 7.49. The molecule has 0 heterocycles. The predicted octanol–water partition coefficient (Wildman–Crippen LogP) is 0.661. The molecule has 0 aromatic rings. The van der Waals surface area contributed by atoms with Gasteiger partial charge in [0, 0.05) is 19.8 Å². The minimum Gasteiger partial charge on any atom is -0.478 e. The third-order valence-electron chi connectivity index (χ3n) is 1.11. The second-order valence-corrected chi connectivity index (χ2v) is 2.10. The second-order valence-electron chi connectivity index (χ2n) is 2.10. The van der Waals surface area contributed by atoms with Gasteiger partial charge >= 0.3 is 5.97 Å². The van der Waals surface area contributed by atoms with Gasteiger partial charge in [-0.1, -0.05) is 6.58 Å². The van der Waals surface area contributed by atoms with Gasteiger partial charge in [0.15, 0.2) is 0 Å². The number of rotatable bonds is 4. The van der Waals surface area contributed by atoms with Crippen LogP contribution in [0.3, 0.4) is 0 Å². The summed E-state index contributed by atoms with van der Waals surface area (Å²) in [6.45, 7) is 5.10. The van der Waals surface area contributed by atoms with Gasteiger partial charge in [-0.05, 0) is 13.3 Å². The molecule has 72 valence electrons. The number of carboxylic acid groups (broad SMARTS) is 1. The van der Waals surface area contributed by atoms with Gasteiger partial charge in [-0.2, -0.15) is 0 Å². The number of aliphatic hydroxyl groups is 1. The van der Waals surface area contributed by atoms with Crippen LogP contribution in [0.25, 0.3) is 0 Å². The fraction of sp³-hybridized carbons (Fsp3) is 0.625. The number of carbonyl (C=O) groups is 1. The average molecular weight is 176 g/mol. The molecule has 0 saturated heterocycles. The van der Waals surface area contributed by atoms with Crippen LogP contribution in [0.5, 0.6) is 0 Å². The SMILES string of the molecule is C=CC(=O)O.COC(C)CCO. The fourth-order valence-electron chi connectivity index (χ4n) is 0.300. The van der Waals surface area contributed by atoms with Gasteiger partial charge in [0.25, 0.3) is 0 Å². The number of methoxy groups -OCH3 is 1. The van der Waals surface area contributed by atoms with Crippen molar-refractivity contribution in [2.45, 2.75) is 19.4 Å². The summed E-state index contributed by atoms with van der Waals surface area (Å²) in [5.41, 5.74) is 0. The standard InChI is InChI=1S/C5H12O2.C3H4O2/c1-5(7-2)3-4-6;1-2-3(4)5/h5-6H,3-4H2,1-2H3;2H,1H2,(H,4,5). The Bertz CT molecular complexity index is 122.